The summed E-state index contributed by atoms with van der Waals surface area (Å²) in [7, 11) is 1.75. The number of fused-ring (bicyclic) bond motifs is 1. The molecule has 59 heavy (non-hydrogen) atoms. The minimum Gasteiger partial charge on any atom is -0.506 e. The number of morpholine rings is 1. The van der Waals surface area contributed by atoms with E-state index >= 15 is 0 Å². The first-order valence-electron chi connectivity index (χ1n) is 21.5. The molecule has 0 saturated carbocycles. The van der Waals surface area contributed by atoms with Crippen molar-refractivity contribution in [2.75, 3.05) is 97.6 Å². The standard InChI is InChI=1S/C44H63ClN6O8/c1-31(34-9-16-48(17-10-34)18-14-40(52)58-27-24-49-22-25-57-26-23-49)8-15-47(3)42(54)39(30-33-28-32(2)41(53)37(45)29-33)59-44(56)50-19-12-36(13-20-50)51-21-11-35-6-4-5-7-38(35)46-43(51)55/h4-7,28-29,31,34,36,39,53H,8-27,30H2,1-3H3,(H,46,55)/t31?,39-/m1/s1. The third kappa shape index (κ3) is 12.5. The molecule has 2 aromatic carbocycles. The molecule has 14 nitrogen and oxygen atoms in total. The lowest BCUT2D eigenvalue weighted by Gasteiger charge is -2.38. The molecule has 15 heteroatoms. The maximum absolute atomic E-state index is 14.1. The Morgan fingerprint density at radius 1 is 0.983 bits per heavy atom. The fourth-order valence-electron chi connectivity index (χ4n) is 8.78. The molecule has 0 spiro atoms. The van der Waals surface area contributed by atoms with Gasteiger partial charge in [0.15, 0.2) is 6.10 Å². The molecule has 0 aliphatic carbocycles. The number of likely N-dealkylation sites (tertiary alicyclic amines) is 2. The van der Waals surface area contributed by atoms with Gasteiger partial charge in [-0.05, 0) is 99.2 Å². The zero-order chi connectivity index (χ0) is 41.9. The molecule has 3 saturated heterocycles. The van der Waals surface area contributed by atoms with Gasteiger partial charge in [-0.3, -0.25) is 14.5 Å². The Morgan fingerprint density at radius 3 is 2.42 bits per heavy atom. The van der Waals surface area contributed by atoms with Crippen LogP contribution in [-0.2, 0) is 36.6 Å². The van der Waals surface area contributed by atoms with Crippen LogP contribution < -0.4 is 5.32 Å². The Labute approximate surface area is 354 Å². The Balaban J connectivity index is 0.963. The lowest BCUT2D eigenvalue weighted by Crippen LogP contribution is -2.51. The van der Waals surface area contributed by atoms with Crippen molar-refractivity contribution in [1.82, 2.24) is 24.5 Å². The van der Waals surface area contributed by atoms with Gasteiger partial charge in [0.1, 0.15) is 12.4 Å². The van der Waals surface area contributed by atoms with Crippen LogP contribution in [0.2, 0.25) is 5.02 Å². The van der Waals surface area contributed by atoms with Gasteiger partial charge in [0.2, 0.25) is 0 Å². The van der Waals surface area contributed by atoms with Gasteiger partial charge in [-0.15, -0.1) is 0 Å². The molecule has 3 fully saturated rings. The number of benzene rings is 2. The van der Waals surface area contributed by atoms with E-state index in [-0.39, 0.29) is 41.1 Å². The van der Waals surface area contributed by atoms with Gasteiger partial charge in [0.05, 0.1) is 24.7 Å². The van der Waals surface area contributed by atoms with Crippen LogP contribution in [-0.4, -0.2) is 158 Å². The van der Waals surface area contributed by atoms with Crippen molar-refractivity contribution < 1.29 is 38.5 Å². The van der Waals surface area contributed by atoms with Crippen molar-refractivity contribution in [2.45, 2.75) is 77.4 Å². The number of carbonyl (C=O) groups excluding carboxylic acids is 4. The fourth-order valence-corrected chi connectivity index (χ4v) is 9.07. The lowest BCUT2D eigenvalue weighted by atomic mass is 9.83. The molecule has 2 atom stereocenters. The van der Waals surface area contributed by atoms with Crippen LogP contribution in [0, 0.1) is 18.8 Å². The largest absolute Gasteiger partial charge is 0.506 e. The van der Waals surface area contributed by atoms with E-state index in [2.05, 4.69) is 22.0 Å². The van der Waals surface area contributed by atoms with Crippen LogP contribution in [0.25, 0.3) is 0 Å². The first-order valence-corrected chi connectivity index (χ1v) is 21.8. The molecular formula is C44H63ClN6O8. The molecule has 2 N–H and O–H groups in total. The number of ether oxygens (including phenoxy) is 3. The summed E-state index contributed by atoms with van der Waals surface area (Å²) in [5.74, 6) is 0.414. The van der Waals surface area contributed by atoms with Gasteiger partial charge >= 0.3 is 18.1 Å². The molecule has 6 rings (SSSR count). The normalized spacial score (nSPS) is 19.6. The third-order valence-electron chi connectivity index (χ3n) is 12.7. The minimum absolute atomic E-state index is 0.0188. The summed E-state index contributed by atoms with van der Waals surface area (Å²) in [6.07, 6.45) is 3.65. The van der Waals surface area contributed by atoms with Crippen molar-refractivity contribution in [1.29, 1.82) is 0 Å². The van der Waals surface area contributed by atoms with Crippen LogP contribution in [0.1, 0.15) is 62.1 Å². The minimum atomic E-state index is -1.09. The smallest absolute Gasteiger partial charge is 0.410 e. The number of likely N-dealkylation sites (N-methyl/N-ethyl adjacent to an activating group) is 1. The van der Waals surface area contributed by atoms with Crippen LogP contribution in [0.4, 0.5) is 15.3 Å². The van der Waals surface area contributed by atoms with E-state index in [0.29, 0.717) is 81.6 Å². The second-order valence-corrected chi connectivity index (χ2v) is 17.1. The maximum Gasteiger partial charge on any atom is 0.410 e. The molecule has 4 aliphatic heterocycles. The zero-order valence-electron chi connectivity index (χ0n) is 35.0. The number of piperidine rings is 2. The van der Waals surface area contributed by atoms with E-state index < -0.39 is 12.2 Å². The highest BCUT2D eigenvalue weighted by Gasteiger charge is 2.35. The topological polar surface area (TPSA) is 144 Å². The maximum atomic E-state index is 14.1. The summed E-state index contributed by atoms with van der Waals surface area (Å²) in [4.78, 5) is 63.0. The van der Waals surface area contributed by atoms with E-state index in [0.717, 1.165) is 82.9 Å². The van der Waals surface area contributed by atoms with Crippen LogP contribution >= 0.6 is 11.6 Å². The number of phenols is 1. The monoisotopic (exact) mass is 838 g/mol. The molecule has 324 valence electrons. The third-order valence-corrected chi connectivity index (χ3v) is 13.0. The number of aryl methyl sites for hydroxylation is 1. The fraction of sp³-hybridized carbons (Fsp3) is 0.636. The number of amides is 4. The molecule has 4 amide bonds. The van der Waals surface area contributed by atoms with Crippen molar-refractivity contribution in [3.63, 3.8) is 0 Å². The van der Waals surface area contributed by atoms with E-state index in [1.54, 1.807) is 35.9 Å². The summed E-state index contributed by atoms with van der Waals surface area (Å²) in [6, 6.07) is 11.1. The van der Waals surface area contributed by atoms with Gasteiger partial charge in [-0.2, -0.15) is 0 Å². The van der Waals surface area contributed by atoms with Gasteiger partial charge < -0.3 is 44.2 Å². The molecule has 0 bridgehead atoms. The first-order chi connectivity index (χ1) is 28.4. The number of halogens is 1. The number of carbonyl (C=O) groups is 4. The Kier molecular flexibility index (Phi) is 16.1. The number of urea groups is 1. The first kappa shape index (κ1) is 44.4. The number of anilines is 1. The second kappa shape index (κ2) is 21.4. The van der Waals surface area contributed by atoms with Crippen LogP contribution in [0.3, 0.4) is 0 Å². The van der Waals surface area contributed by atoms with Crippen molar-refractivity contribution >= 4 is 41.3 Å². The van der Waals surface area contributed by atoms with Crippen molar-refractivity contribution in [3.8, 4) is 5.75 Å². The van der Waals surface area contributed by atoms with Crippen molar-refractivity contribution in [2.24, 2.45) is 11.8 Å². The van der Waals surface area contributed by atoms with E-state index in [1.165, 1.54) is 0 Å². The molecule has 2 aromatic rings. The average Bonchev–Trinajstić information content (AvgIpc) is 3.41. The number of rotatable bonds is 15. The van der Waals surface area contributed by atoms with Gasteiger partial charge in [-0.25, -0.2) is 9.59 Å². The summed E-state index contributed by atoms with van der Waals surface area (Å²) in [5, 5.41) is 13.5. The summed E-state index contributed by atoms with van der Waals surface area (Å²) in [6.45, 7) is 12.8. The molecule has 1 unspecified atom stereocenters. The Hall–Kier alpha value is -4.11. The number of phenolic OH excluding ortho intramolecular Hbond substituents is 1. The highest BCUT2D eigenvalue weighted by Crippen LogP contribution is 2.31. The quantitative estimate of drug-likeness (QED) is 0.223. The molecule has 0 radical (unpaired) electrons. The van der Waals surface area contributed by atoms with Crippen LogP contribution in [0.15, 0.2) is 36.4 Å². The summed E-state index contributed by atoms with van der Waals surface area (Å²) >= 11 is 6.32. The zero-order valence-corrected chi connectivity index (χ0v) is 35.8. The predicted octanol–water partition coefficient (Wildman–Crippen LogP) is 5.42. The molecule has 0 aromatic heterocycles. The molecule has 4 aliphatic rings. The van der Waals surface area contributed by atoms with E-state index in [1.807, 2.05) is 29.2 Å². The number of hydrogen-bond donors (Lipinski definition) is 2. The number of esters is 1. The summed E-state index contributed by atoms with van der Waals surface area (Å²) < 4.78 is 16.9. The molecular weight excluding hydrogens is 776 g/mol. The second-order valence-electron chi connectivity index (χ2n) is 16.7. The summed E-state index contributed by atoms with van der Waals surface area (Å²) in [5.41, 5.74) is 3.19. The van der Waals surface area contributed by atoms with Gasteiger partial charge in [-0.1, -0.05) is 42.8 Å². The van der Waals surface area contributed by atoms with Crippen LogP contribution in [0.5, 0.6) is 5.75 Å². The predicted molar refractivity (Wildman–Crippen MR) is 226 cm³/mol. The van der Waals surface area contributed by atoms with Gasteiger partial charge in [0, 0.05) is 77.6 Å². The average molecular weight is 839 g/mol. The van der Waals surface area contributed by atoms with Gasteiger partial charge in [0.25, 0.3) is 5.91 Å². The Bertz CT molecular complexity index is 1720. The van der Waals surface area contributed by atoms with E-state index in [9.17, 15) is 24.3 Å². The number of aromatic hydroxyl groups is 1. The SMILES string of the molecule is Cc1cc(C[C@@H](OC(=O)N2CCC(N3CCc4ccccc4NC3=O)CC2)C(=O)N(C)CCC(C)C2CCN(CCC(=O)OCCN3CCOCC3)CC2)cc(Cl)c1O. The Morgan fingerprint density at radius 2 is 1.69 bits per heavy atom. The highest BCUT2D eigenvalue weighted by molar-refractivity contribution is 6.32. The number of nitrogens with zero attached hydrogens (tertiary/aromatic N) is 5. The van der Waals surface area contributed by atoms with E-state index in [4.69, 9.17) is 25.8 Å². The highest BCUT2D eigenvalue weighted by atomic mass is 35.5. The number of nitrogens with one attached hydrogen (secondary N) is 1. The number of hydrogen-bond acceptors (Lipinski definition) is 10. The van der Waals surface area contributed by atoms with Crippen molar-refractivity contribution in [3.05, 3.63) is 58.1 Å². The number of para-hydroxylation sites is 1. The molecule has 4 heterocycles. The lowest BCUT2D eigenvalue weighted by molar-refractivity contribution is -0.144.